The molecule has 1 N–H and O–H groups in total. The number of rotatable bonds is 5. The molecule has 7 nitrogen and oxygen atoms in total. The van der Waals surface area contributed by atoms with Gasteiger partial charge < -0.3 is 10.2 Å². The van der Waals surface area contributed by atoms with E-state index in [2.05, 4.69) is 5.32 Å². The van der Waals surface area contributed by atoms with Crippen LogP contribution in [-0.4, -0.2) is 24.9 Å². The predicted octanol–water partition coefficient (Wildman–Crippen LogP) is 2.20. The molecule has 0 radical (unpaired) electrons. The van der Waals surface area contributed by atoms with Crippen molar-refractivity contribution in [1.82, 2.24) is 0 Å². The van der Waals surface area contributed by atoms with Gasteiger partial charge >= 0.3 is 0 Å². The number of nitro groups is 1. The van der Waals surface area contributed by atoms with Crippen molar-refractivity contribution in [2.75, 3.05) is 24.3 Å². The summed E-state index contributed by atoms with van der Waals surface area (Å²) in [5.74, 6) is -0.316. The largest absolute Gasteiger partial charge is 0.377 e. The number of nitrogens with zero attached hydrogens (tertiary/aromatic N) is 3. The number of aromatic nitrogens is 1. The van der Waals surface area contributed by atoms with Crippen molar-refractivity contribution in [3.8, 4) is 0 Å². The van der Waals surface area contributed by atoms with Crippen LogP contribution in [0.3, 0.4) is 0 Å². The van der Waals surface area contributed by atoms with Crippen LogP contribution < -0.4 is 14.8 Å². The molecular weight excluding hydrogens is 308 g/mol. The molecule has 0 unspecified atom stereocenters. The van der Waals surface area contributed by atoms with E-state index in [9.17, 15) is 14.9 Å². The Balaban J connectivity index is 2.15. The van der Waals surface area contributed by atoms with Gasteiger partial charge in [0.05, 0.1) is 4.92 Å². The van der Waals surface area contributed by atoms with Crippen LogP contribution in [0.2, 0.25) is 0 Å². The van der Waals surface area contributed by atoms with Gasteiger partial charge in [-0.25, -0.2) is 0 Å². The molecule has 0 fully saturated rings. The summed E-state index contributed by atoms with van der Waals surface area (Å²) in [6, 6.07) is 6.90. The molecular formula is C17H21N4O3+. The highest BCUT2D eigenvalue weighted by atomic mass is 16.6. The van der Waals surface area contributed by atoms with Gasteiger partial charge in [0.25, 0.3) is 11.6 Å². The van der Waals surface area contributed by atoms with Gasteiger partial charge in [-0.3, -0.25) is 14.9 Å². The van der Waals surface area contributed by atoms with E-state index >= 15 is 0 Å². The minimum absolute atomic E-state index is 0.0811. The third-order valence-corrected chi connectivity index (χ3v) is 3.80. The van der Waals surface area contributed by atoms with Gasteiger partial charge in [0.2, 0.25) is 6.54 Å². The Bertz CT molecular complexity index is 770. The highest BCUT2D eigenvalue weighted by Crippen LogP contribution is 2.27. The van der Waals surface area contributed by atoms with Crippen molar-refractivity contribution in [2.45, 2.75) is 20.4 Å². The number of carbonyl (C=O) groups is 1. The fourth-order valence-corrected chi connectivity index (χ4v) is 2.26. The highest BCUT2D eigenvalue weighted by Gasteiger charge is 2.19. The Morgan fingerprint density at radius 1 is 1.21 bits per heavy atom. The Morgan fingerprint density at radius 2 is 1.79 bits per heavy atom. The molecule has 2 rings (SSSR count). The molecule has 0 aliphatic carbocycles. The standard InChI is InChI=1S/C17H20N4O3/c1-12-9-15(16(21(23)24)10-13(12)2)18-17(22)11-20-7-5-14(6-8-20)19(3)4/h5-10H,11H2,1-4H3/p+1. The van der Waals surface area contributed by atoms with Crippen LogP contribution in [0.1, 0.15) is 11.1 Å². The van der Waals surface area contributed by atoms with Gasteiger partial charge in [-0.05, 0) is 31.0 Å². The van der Waals surface area contributed by atoms with Gasteiger partial charge in [0, 0.05) is 38.0 Å². The first-order valence-corrected chi connectivity index (χ1v) is 7.50. The minimum atomic E-state index is -0.485. The van der Waals surface area contributed by atoms with Crippen LogP contribution in [0.15, 0.2) is 36.7 Å². The van der Waals surface area contributed by atoms with E-state index in [1.807, 2.05) is 38.1 Å². The molecule has 1 heterocycles. The summed E-state index contributed by atoms with van der Waals surface area (Å²) >= 11 is 0. The van der Waals surface area contributed by atoms with Crippen LogP contribution >= 0.6 is 0 Å². The fourth-order valence-electron chi connectivity index (χ4n) is 2.26. The van der Waals surface area contributed by atoms with Gasteiger partial charge in [-0.15, -0.1) is 0 Å². The molecule has 0 bridgehead atoms. The fraction of sp³-hybridized carbons (Fsp3) is 0.294. The van der Waals surface area contributed by atoms with E-state index in [0.29, 0.717) is 0 Å². The van der Waals surface area contributed by atoms with E-state index in [0.717, 1.165) is 16.8 Å². The summed E-state index contributed by atoms with van der Waals surface area (Å²) in [6.45, 7) is 3.73. The van der Waals surface area contributed by atoms with E-state index in [1.165, 1.54) is 6.07 Å². The minimum Gasteiger partial charge on any atom is -0.377 e. The lowest BCUT2D eigenvalue weighted by atomic mass is 10.1. The molecule has 0 saturated carbocycles. The average Bonchev–Trinajstić information content (AvgIpc) is 2.50. The molecule has 2 aromatic rings. The van der Waals surface area contributed by atoms with Gasteiger partial charge in [0.1, 0.15) is 5.69 Å². The SMILES string of the molecule is Cc1cc(NC(=O)C[n+]2ccc(N(C)C)cc2)c([N+](=O)[O-])cc1C. The Morgan fingerprint density at radius 3 is 2.33 bits per heavy atom. The number of aryl methyl sites for hydroxylation is 2. The van der Waals surface area contributed by atoms with E-state index in [1.54, 1.807) is 30.0 Å². The molecule has 0 atom stereocenters. The maximum absolute atomic E-state index is 12.2. The zero-order chi connectivity index (χ0) is 17.9. The number of benzene rings is 1. The van der Waals surface area contributed by atoms with Crippen LogP contribution in [0.5, 0.6) is 0 Å². The summed E-state index contributed by atoms with van der Waals surface area (Å²) in [4.78, 5) is 24.9. The third kappa shape index (κ3) is 4.07. The molecule has 1 aromatic heterocycles. The topological polar surface area (TPSA) is 79.4 Å². The van der Waals surface area contributed by atoms with Gasteiger partial charge in [-0.2, -0.15) is 4.57 Å². The number of nitrogens with one attached hydrogen (secondary N) is 1. The second-order valence-electron chi connectivity index (χ2n) is 5.88. The third-order valence-electron chi connectivity index (χ3n) is 3.80. The zero-order valence-electron chi connectivity index (χ0n) is 14.2. The monoisotopic (exact) mass is 329 g/mol. The summed E-state index contributed by atoms with van der Waals surface area (Å²) in [6.07, 6.45) is 3.59. The molecule has 1 aromatic carbocycles. The van der Waals surface area contributed by atoms with Crippen LogP contribution in [0, 0.1) is 24.0 Å². The van der Waals surface area contributed by atoms with Crippen LogP contribution in [0.25, 0.3) is 0 Å². The Kier molecular flexibility index (Phi) is 5.13. The Labute approximate surface area is 140 Å². The van der Waals surface area contributed by atoms with Crippen LogP contribution in [0.4, 0.5) is 17.1 Å². The number of anilines is 2. The lowest BCUT2D eigenvalue weighted by Crippen LogP contribution is -2.39. The molecule has 126 valence electrons. The molecule has 0 aliphatic heterocycles. The molecule has 0 aliphatic rings. The summed E-state index contributed by atoms with van der Waals surface area (Å²) in [5, 5.41) is 13.8. The molecule has 0 saturated heterocycles. The van der Waals surface area contributed by atoms with E-state index in [4.69, 9.17) is 0 Å². The number of hydrogen-bond donors (Lipinski definition) is 1. The second kappa shape index (κ2) is 7.08. The lowest BCUT2D eigenvalue weighted by Gasteiger charge is -2.10. The number of carbonyl (C=O) groups excluding carboxylic acids is 1. The van der Waals surface area contributed by atoms with E-state index in [-0.39, 0.29) is 23.8 Å². The van der Waals surface area contributed by atoms with Gasteiger partial charge in [-0.1, -0.05) is 0 Å². The first kappa shape index (κ1) is 17.4. The number of pyridine rings is 1. The molecule has 7 heteroatoms. The van der Waals surface area contributed by atoms with Crippen LogP contribution in [-0.2, 0) is 11.3 Å². The van der Waals surface area contributed by atoms with Crippen molar-refractivity contribution in [3.05, 3.63) is 57.9 Å². The van der Waals surface area contributed by atoms with Crippen molar-refractivity contribution in [2.24, 2.45) is 0 Å². The maximum atomic E-state index is 12.2. The number of amides is 1. The first-order chi connectivity index (χ1) is 11.3. The lowest BCUT2D eigenvalue weighted by molar-refractivity contribution is -0.684. The van der Waals surface area contributed by atoms with Crippen molar-refractivity contribution >= 4 is 23.0 Å². The predicted molar refractivity (Wildman–Crippen MR) is 92.2 cm³/mol. The smallest absolute Gasteiger partial charge is 0.293 e. The summed E-state index contributed by atoms with van der Waals surface area (Å²) in [7, 11) is 3.87. The number of nitro benzene ring substituents is 1. The van der Waals surface area contributed by atoms with Crippen molar-refractivity contribution in [3.63, 3.8) is 0 Å². The van der Waals surface area contributed by atoms with E-state index < -0.39 is 4.92 Å². The maximum Gasteiger partial charge on any atom is 0.293 e. The number of hydrogen-bond acceptors (Lipinski definition) is 4. The summed E-state index contributed by atoms with van der Waals surface area (Å²) in [5.41, 5.74) is 2.85. The Hall–Kier alpha value is -2.96. The van der Waals surface area contributed by atoms with Crippen molar-refractivity contribution < 1.29 is 14.3 Å². The second-order valence-corrected chi connectivity index (χ2v) is 5.88. The molecule has 24 heavy (non-hydrogen) atoms. The average molecular weight is 329 g/mol. The summed E-state index contributed by atoms with van der Waals surface area (Å²) < 4.78 is 1.72. The quantitative estimate of drug-likeness (QED) is 0.518. The van der Waals surface area contributed by atoms with Gasteiger partial charge in [0.15, 0.2) is 12.4 Å². The first-order valence-electron chi connectivity index (χ1n) is 7.50. The van der Waals surface area contributed by atoms with Crippen molar-refractivity contribution in [1.29, 1.82) is 0 Å². The normalized spacial score (nSPS) is 10.3. The molecule has 1 amide bonds. The zero-order valence-corrected chi connectivity index (χ0v) is 14.2. The molecule has 0 spiro atoms. The highest BCUT2D eigenvalue weighted by molar-refractivity contribution is 5.92.